The number of nitrogens with one attached hydrogen (secondary N) is 1. The fourth-order valence-electron chi connectivity index (χ4n) is 4.35. The van der Waals surface area contributed by atoms with Crippen LogP contribution in [0.5, 0.6) is 0 Å². The van der Waals surface area contributed by atoms with Gasteiger partial charge in [0.1, 0.15) is 20.3 Å². The number of hydrogen-bond acceptors (Lipinski definition) is 7. The Morgan fingerprint density at radius 2 is 2.10 bits per heavy atom. The number of fused-ring (bicyclic) bond motifs is 1. The van der Waals surface area contributed by atoms with E-state index in [9.17, 15) is 9.90 Å². The number of hydrogen-bond donors (Lipinski definition) is 3. The first kappa shape index (κ1) is 21.2. The number of allylic oxidation sites excluding steroid dienone is 2. The molecule has 164 valence electrons. The lowest BCUT2D eigenvalue weighted by Gasteiger charge is -2.27. The topological polar surface area (TPSA) is 124 Å². The number of carboxylic acid groups (broad SMARTS) is 1. The number of nitrogen functional groups attached to an aromatic ring is 1. The van der Waals surface area contributed by atoms with Gasteiger partial charge in [0.25, 0.3) is 0 Å². The van der Waals surface area contributed by atoms with Gasteiger partial charge in [-0.2, -0.15) is 9.61 Å². The Morgan fingerprint density at radius 3 is 2.74 bits per heavy atom. The van der Waals surface area contributed by atoms with Gasteiger partial charge in [0, 0.05) is 30.8 Å². The number of nitrogens with zero attached hydrogens (tertiary/aromatic N) is 3. The second-order valence-corrected chi connectivity index (χ2v) is 8.11. The molecule has 4 rings (SSSR count). The zero-order chi connectivity index (χ0) is 22.0. The fraction of sp³-hybridized carbons (Fsp3) is 0.476. The van der Waals surface area contributed by atoms with E-state index in [4.69, 9.17) is 20.2 Å². The van der Waals surface area contributed by atoms with Crippen molar-refractivity contribution >= 4 is 36.3 Å². The molecule has 0 unspecified atom stereocenters. The van der Waals surface area contributed by atoms with E-state index >= 15 is 0 Å². The molecule has 0 amide bonds. The highest BCUT2D eigenvalue weighted by molar-refractivity contribution is 6.36. The molecule has 0 spiro atoms. The minimum atomic E-state index is -0.702. The molecule has 1 fully saturated rings. The molecule has 9 nitrogen and oxygen atoms in total. The van der Waals surface area contributed by atoms with Crippen molar-refractivity contribution in [2.45, 2.75) is 31.6 Å². The molecule has 2 aliphatic rings. The average Bonchev–Trinajstić information content (AvgIpc) is 3.21. The number of aliphatic carboxylic acids is 1. The number of carboxylic acids is 1. The van der Waals surface area contributed by atoms with E-state index in [2.05, 4.69) is 10.4 Å². The van der Waals surface area contributed by atoms with Crippen LogP contribution in [0.4, 0.5) is 5.82 Å². The van der Waals surface area contributed by atoms with Gasteiger partial charge in [0.05, 0.1) is 18.7 Å². The third kappa shape index (κ3) is 4.25. The van der Waals surface area contributed by atoms with E-state index < -0.39 is 5.97 Å². The van der Waals surface area contributed by atoms with Gasteiger partial charge < -0.3 is 25.6 Å². The first-order valence-electron chi connectivity index (χ1n) is 10.6. The second kappa shape index (κ2) is 9.01. The molecule has 3 heterocycles. The third-order valence-corrected chi connectivity index (χ3v) is 6.21. The Balaban J connectivity index is 1.61. The van der Waals surface area contributed by atoms with Crippen LogP contribution in [0.25, 0.3) is 11.2 Å². The van der Waals surface area contributed by atoms with Gasteiger partial charge in [0.15, 0.2) is 11.5 Å². The maximum absolute atomic E-state index is 11.3. The van der Waals surface area contributed by atoms with Crippen molar-refractivity contribution in [1.82, 2.24) is 19.9 Å². The van der Waals surface area contributed by atoms with Crippen LogP contribution >= 0.6 is 0 Å². The first-order chi connectivity index (χ1) is 15.0. The van der Waals surface area contributed by atoms with Crippen molar-refractivity contribution in [3.8, 4) is 0 Å². The van der Waals surface area contributed by atoms with E-state index in [0.29, 0.717) is 44.3 Å². The predicted octanol–water partition coefficient (Wildman–Crippen LogP) is 0.419. The number of rotatable bonds is 7. The minimum Gasteiger partial charge on any atom is -0.481 e. The van der Waals surface area contributed by atoms with Gasteiger partial charge >= 0.3 is 5.97 Å². The summed E-state index contributed by atoms with van der Waals surface area (Å²) in [7, 11) is 3.61. The van der Waals surface area contributed by atoms with Gasteiger partial charge in [-0.1, -0.05) is 6.08 Å². The Kier molecular flexibility index (Phi) is 6.17. The van der Waals surface area contributed by atoms with Crippen LogP contribution in [0.3, 0.4) is 0 Å². The van der Waals surface area contributed by atoms with Crippen LogP contribution in [-0.2, 0) is 14.3 Å². The van der Waals surface area contributed by atoms with Crippen molar-refractivity contribution in [3.05, 3.63) is 35.5 Å². The minimum absolute atomic E-state index is 0.213. The lowest BCUT2D eigenvalue weighted by atomic mass is 9.77. The summed E-state index contributed by atoms with van der Waals surface area (Å²) >= 11 is 0. The summed E-state index contributed by atoms with van der Waals surface area (Å²) in [5, 5.41) is 17.0. The second-order valence-electron chi connectivity index (χ2n) is 8.11. The van der Waals surface area contributed by atoms with E-state index in [1.165, 1.54) is 0 Å². The highest BCUT2D eigenvalue weighted by Crippen LogP contribution is 2.35. The Bertz CT molecular complexity index is 1040. The normalized spacial score (nSPS) is 21.3. The molecule has 0 radical (unpaired) electrons. The number of aromatic nitrogens is 3. The van der Waals surface area contributed by atoms with Gasteiger partial charge in [0.2, 0.25) is 0 Å². The maximum Gasteiger partial charge on any atom is 0.306 e. The molecule has 4 N–H and O–H groups in total. The number of ether oxygens (including phenoxy) is 2. The smallest absolute Gasteiger partial charge is 0.306 e. The highest BCUT2D eigenvalue weighted by Gasteiger charge is 2.29. The SMILES string of the molecule is Bc1c(N)n2ncc(C3=CC=C(OCCOC)NC3)c2nc1[C@H]1CC[C@H](C(=O)O)CC1. The first-order valence-corrected chi connectivity index (χ1v) is 10.6. The number of methoxy groups -OCH3 is 1. The van der Waals surface area contributed by atoms with Gasteiger partial charge in [-0.25, -0.2) is 4.98 Å². The molecule has 1 saturated carbocycles. The summed E-state index contributed by atoms with van der Waals surface area (Å²) in [6.07, 6.45) is 8.64. The third-order valence-electron chi connectivity index (χ3n) is 6.21. The molecule has 31 heavy (non-hydrogen) atoms. The maximum atomic E-state index is 11.3. The zero-order valence-corrected chi connectivity index (χ0v) is 17.9. The van der Waals surface area contributed by atoms with Gasteiger partial charge in [-0.3, -0.25) is 4.79 Å². The van der Waals surface area contributed by atoms with Gasteiger partial charge in [-0.05, 0) is 42.8 Å². The quantitative estimate of drug-likeness (QED) is 0.431. The molecule has 2 aromatic heterocycles. The van der Waals surface area contributed by atoms with Crippen molar-refractivity contribution < 1.29 is 19.4 Å². The molecule has 0 saturated heterocycles. The zero-order valence-electron chi connectivity index (χ0n) is 17.9. The van der Waals surface area contributed by atoms with E-state index in [1.807, 2.05) is 20.0 Å². The molecule has 10 heteroatoms. The lowest BCUT2D eigenvalue weighted by molar-refractivity contribution is -0.142. The van der Waals surface area contributed by atoms with Crippen LogP contribution in [-0.4, -0.2) is 60.4 Å². The van der Waals surface area contributed by atoms with Crippen LogP contribution < -0.4 is 16.5 Å². The molecule has 1 aliphatic carbocycles. The molecule has 0 bridgehead atoms. The molecule has 0 aromatic carbocycles. The van der Waals surface area contributed by atoms with Crippen LogP contribution in [0, 0.1) is 5.92 Å². The standard InChI is InChI=1S/C21H28BN5O4/c1-30-8-9-31-16-7-6-14(10-24-16)15-11-25-27-19(23)17(22)18(26-20(15)27)12-2-4-13(5-3-12)21(28)29/h6-7,11-13,24H,2-5,8-10,22-23H2,1H3,(H,28,29)/t12-,13-. The van der Waals surface area contributed by atoms with Crippen molar-refractivity contribution in [2.24, 2.45) is 5.92 Å². The van der Waals surface area contributed by atoms with E-state index in [0.717, 1.165) is 40.8 Å². The molecule has 1 aliphatic heterocycles. The van der Waals surface area contributed by atoms with Gasteiger partial charge in [-0.15, -0.1) is 0 Å². The molecule has 2 aromatic rings. The van der Waals surface area contributed by atoms with Crippen LogP contribution in [0.2, 0.25) is 0 Å². The Labute approximate surface area is 181 Å². The number of carbonyl (C=O) groups is 1. The van der Waals surface area contributed by atoms with E-state index in [-0.39, 0.29) is 11.8 Å². The summed E-state index contributed by atoms with van der Waals surface area (Å²) in [6, 6.07) is 0. The van der Waals surface area contributed by atoms with Crippen molar-refractivity contribution in [2.75, 3.05) is 32.6 Å². The van der Waals surface area contributed by atoms with Crippen molar-refractivity contribution in [1.29, 1.82) is 0 Å². The summed E-state index contributed by atoms with van der Waals surface area (Å²) in [4.78, 5) is 16.3. The summed E-state index contributed by atoms with van der Waals surface area (Å²) < 4.78 is 12.3. The van der Waals surface area contributed by atoms with Crippen LogP contribution in [0.1, 0.15) is 42.9 Å². The Hall–Kier alpha value is -3.01. The number of dihydropyridines is 1. The molecular formula is C21H28BN5O4. The largest absolute Gasteiger partial charge is 0.481 e. The predicted molar refractivity (Wildman–Crippen MR) is 120 cm³/mol. The number of anilines is 1. The average molecular weight is 425 g/mol. The summed E-state index contributed by atoms with van der Waals surface area (Å²) in [5.74, 6) is 0.539. The van der Waals surface area contributed by atoms with Crippen molar-refractivity contribution in [3.63, 3.8) is 0 Å². The number of nitrogens with two attached hydrogens (primary N) is 1. The monoisotopic (exact) mass is 425 g/mol. The lowest BCUT2D eigenvalue weighted by Crippen LogP contribution is -2.28. The Morgan fingerprint density at radius 1 is 1.32 bits per heavy atom. The van der Waals surface area contributed by atoms with E-state index in [1.54, 1.807) is 17.8 Å². The molecular weight excluding hydrogens is 397 g/mol. The fourth-order valence-corrected chi connectivity index (χ4v) is 4.35. The highest BCUT2D eigenvalue weighted by atomic mass is 16.5. The summed E-state index contributed by atoms with van der Waals surface area (Å²) in [5.41, 5.74) is 11.0. The molecule has 0 atom stereocenters. The summed E-state index contributed by atoms with van der Waals surface area (Å²) in [6.45, 7) is 1.61. The van der Waals surface area contributed by atoms with Crippen LogP contribution in [0.15, 0.2) is 24.2 Å².